The number of carbonyl (C=O) groups excluding carboxylic acids is 1. The van der Waals surface area contributed by atoms with Gasteiger partial charge in [0.2, 0.25) is 0 Å². The van der Waals surface area contributed by atoms with Crippen molar-refractivity contribution in [1.29, 1.82) is 0 Å². The van der Waals surface area contributed by atoms with E-state index in [4.69, 9.17) is 9.47 Å². The number of amides is 1. The second-order valence-corrected chi connectivity index (χ2v) is 5.65. The predicted octanol–water partition coefficient (Wildman–Crippen LogP) is 3.36. The molecule has 0 unspecified atom stereocenters. The standard InChI is InChI=1S/C20H20N4O3/c1-26-15-8-9-16(18(10-15)27-2)24-20(25)17-11-19(23-13-22-17)21-12-14-6-4-3-5-7-14/h3-11,13H,12H2,1-2H3,(H,24,25)(H,21,22,23). The first-order chi connectivity index (χ1) is 13.2. The number of ether oxygens (including phenoxy) is 2. The average Bonchev–Trinajstić information content (AvgIpc) is 2.73. The highest BCUT2D eigenvalue weighted by Crippen LogP contribution is 2.29. The third-order valence-corrected chi connectivity index (χ3v) is 3.87. The fourth-order valence-electron chi connectivity index (χ4n) is 2.45. The van der Waals surface area contributed by atoms with Gasteiger partial charge in [-0.15, -0.1) is 0 Å². The molecule has 0 fully saturated rings. The minimum atomic E-state index is -0.358. The van der Waals surface area contributed by atoms with E-state index in [-0.39, 0.29) is 11.6 Å². The van der Waals surface area contributed by atoms with E-state index in [0.717, 1.165) is 5.56 Å². The van der Waals surface area contributed by atoms with Gasteiger partial charge in [0.05, 0.1) is 19.9 Å². The van der Waals surface area contributed by atoms with Crippen LogP contribution >= 0.6 is 0 Å². The van der Waals surface area contributed by atoms with Crippen LogP contribution in [0.2, 0.25) is 0 Å². The molecule has 0 saturated heterocycles. The van der Waals surface area contributed by atoms with Crippen LogP contribution in [-0.2, 0) is 6.54 Å². The molecule has 2 aromatic carbocycles. The Morgan fingerprint density at radius 2 is 1.81 bits per heavy atom. The molecular weight excluding hydrogens is 344 g/mol. The molecule has 7 nitrogen and oxygen atoms in total. The lowest BCUT2D eigenvalue weighted by atomic mass is 10.2. The lowest BCUT2D eigenvalue weighted by Gasteiger charge is -2.12. The van der Waals surface area contributed by atoms with E-state index in [9.17, 15) is 4.79 Å². The lowest BCUT2D eigenvalue weighted by Crippen LogP contribution is -2.15. The molecule has 0 aliphatic rings. The van der Waals surface area contributed by atoms with Crippen molar-refractivity contribution in [3.05, 3.63) is 72.2 Å². The summed E-state index contributed by atoms with van der Waals surface area (Å²) in [5, 5.41) is 5.98. The van der Waals surface area contributed by atoms with Crippen molar-refractivity contribution in [2.45, 2.75) is 6.54 Å². The Balaban J connectivity index is 1.70. The van der Waals surface area contributed by atoms with E-state index < -0.39 is 0 Å². The van der Waals surface area contributed by atoms with Gasteiger partial charge in [0.25, 0.3) is 5.91 Å². The normalized spacial score (nSPS) is 10.1. The Morgan fingerprint density at radius 3 is 2.56 bits per heavy atom. The highest BCUT2D eigenvalue weighted by molar-refractivity contribution is 6.04. The van der Waals surface area contributed by atoms with E-state index in [1.807, 2.05) is 30.3 Å². The highest BCUT2D eigenvalue weighted by Gasteiger charge is 2.13. The average molecular weight is 364 g/mol. The molecule has 0 radical (unpaired) electrons. The van der Waals surface area contributed by atoms with Crippen LogP contribution in [0.25, 0.3) is 0 Å². The molecule has 3 rings (SSSR count). The van der Waals surface area contributed by atoms with Gasteiger partial charge in [-0.2, -0.15) is 0 Å². The molecular formula is C20H20N4O3. The second kappa shape index (κ2) is 8.66. The van der Waals surface area contributed by atoms with Crippen LogP contribution in [0.3, 0.4) is 0 Å². The van der Waals surface area contributed by atoms with Crippen LogP contribution < -0.4 is 20.1 Å². The van der Waals surface area contributed by atoms with Crippen molar-refractivity contribution in [2.75, 3.05) is 24.9 Å². The summed E-state index contributed by atoms with van der Waals surface area (Å²) in [5.74, 6) is 1.35. The number of hydrogen-bond acceptors (Lipinski definition) is 6. The molecule has 0 aliphatic carbocycles. The highest BCUT2D eigenvalue weighted by atomic mass is 16.5. The summed E-state index contributed by atoms with van der Waals surface area (Å²) >= 11 is 0. The molecule has 1 heterocycles. The van der Waals surface area contributed by atoms with E-state index in [1.165, 1.54) is 13.4 Å². The molecule has 1 amide bonds. The molecule has 2 N–H and O–H groups in total. The van der Waals surface area contributed by atoms with Gasteiger partial charge in [0.1, 0.15) is 29.3 Å². The number of nitrogens with zero attached hydrogens (tertiary/aromatic N) is 2. The number of methoxy groups -OCH3 is 2. The second-order valence-electron chi connectivity index (χ2n) is 5.65. The molecule has 0 spiro atoms. The first-order valence-electron chi connectivity index (χ1n) is 8.33. The SMILES string of the molecule is COc1ccc(NC(=O)c2cc(NCc3ccccc3)ncn2)c(OC)c1. The van der Waals surface area contributed by atoms with Crippen molar-refractivity contribution < 1.29 is 14.3 Å². The van der Waals surface area contributed by atoms with Crippen molar-refractivity contribution in [2.24, 2.45) is 0 Å². The largest absolute Gasteiger partial charge is 0.497 e. The minimum absolute atomic E-state index is 0.249. The van der Waals surface area contributed by atoms with E-state index in [2.05, 4.69) is 20.6 Å². The number of nitrogens with one attached hydrogen (secondary N) is 2. The number of benzene rings is 2. The number of hydrogen-bond donors (Lipinski definition) is 2. The van der Waals surface area contributed by atoms with Crippen molar-refractivity contribution in [1.82, 2.24) is 9.97 Å². The lowest BCUT2D eigenvalue weighted by molar-refractivity contribution is 0.102. The topological polar surface area (TPSA) is 85.4 Å². The molecule has 0 bridgehead atoms. The predicted molar refractivity (Wildman–Crippen MR) is 103 cm³/mol. The Morgan fingerprint density at radius 1 is 1.00 bits per heavy atom. The smallest absolute Gasteiger partial charge is 0.274 e. The summed E-state index contributed by atoms with van der Waals surface area (Å²) in [6.07, 6.45) is 1.35. The third-order valence-electron chi connectivity index (χ3n) is 3.87. The maximum Gasteiger partial charge on any atom is 0.274 e. The molecule has 3 aromatic rings. The Bertz CT molecular complexity index is 916. The molecule has 0 saturated carbocycles. The number of anilines is 2. The van der Waals surface area contributed by atoms with Crippen molar-refractivity contribution in [3.8, 4) is 11.5 Å². The van der Waals surface area contributed by atoms with Gasteiger partial charge in [-0.1, -0.05) is 30.3 Å². The number of aromatic nitrogens is 2. The van der Waals surface area contributed by atoms with Gasteiger partial charge in [-0.25, -0.2) is 9.97 Å². The Hall–Kier alpha value is -3.61. The van der Waals surface area contributed by atoms with Crippen LogP contribution in [0.5, 0.6) is 11.5 Å². The first kappa shape index (κ1) is 18.2. The van der Waals surface area contributed by atoms with Gasteiger partial charge in [-0.05, 0) is 17.7 Å². The van der Waals surface area contributed by atoms with Gasteiger partial charge in [-0.3, -0.25) is 4.79 Å². The number of rotatable bonds is 7. The van der Waals surface area contributed by atoms with E-state index in [1.54, 1.807) is 31.4 Å². The fourth-order valence-corrected chi connectivity index (χ4v) is 2.45. The number of carbonyl (C=O) groups is 1. The zero-order chi connectivity index (χ0) is 19.1. The van der Waals surface area contributed by atoms with Crippen LogP contribution in [-0.4, -0.2) is 30.1 Å². The van der Waals surface area contributed by atoms with Crippen molar-refractivity contribution in [3.63, 3.8) is 0 Å². The zero-order valence-corrected chi connectivity index (χ0v) is 15.1. The third kappa shape index (κ3) is 4.72. The maximum absolute atomic E-state index is 12.5. The Labute approximate surface area is 157 Å². The van der Waals surface area contributed by atoms with E-state index >= 15 is 0 Å². The zero-order valence-electron chi connectivity index (χ0n) is 15.1. The Kier molecular flexibility index (Phi) is 5.84. The van der Waals surface area contributed by atoms with Gasteiger partial charge in [0, 0.05) is 18.7 Å². The monoisotopic (exact) mass is 364 g/mol. The van der Waals surface area contributed by atoms with Gasteiger partial charge in [0.15, 0.2) is 0 Å². The van der Waals surface area contributed by atoms with Gasteiger partial charge < -0.3 is 20.1 Å². The quantitative estimate of drug-likeness (QED) is 0.669. The summed E-state index contributed by atoms with van der Waals surface area (Å²) in [5.41, 5.74) is 1.89. The van der Waals surface area contributed by atoms with Crippen LogP contribution in [0.1, 0.15) is 16.1 Å². The fraction of sp³-hybridized carbons (Fsp3) is 0.150. The van der Waals surface area contributed by atoms with Crippen LogP contribution in [0.15, 0.2) is 60.9 Å². The maximum atomic E-state index is 12.5. The summed E-state index contributed by atoms with van der Waals surface area (Å²) in [4.78, 5) is 20.8. The summed E-state index contributed by atoms with van der Waals surface area (Å²) in [7, 11) is 3.10. The van der Waals surface area contributed by atoms with Crippen LogP contribution in [0, 0.1) is 0 Å². The molecule has 7 heteroatoms. The molecule has 27 heavy (non-hydrogen) atoms. The molecule has 0 aliphatic heterocycles. The molecule has 1 aromatic heterocycles. The van der Waals surface area contributed by atoms with Gasteiger partial charge >= 0.3 is 0 Å². The van der Waals surface area contributed by atoms with Crippen molar-refractivity contribution >= 4 is 17.4 Å². The van der Waals surface area contributed by atoms with E-state index in [0.29, 0.717) is 29.5 Å². The minimum Gasteiger partial charge on any atom is -0.497 e. The first-order valence-corrected chi connectivity index (χ1v) is 8.33. The van der Waals surface area contributed by atoms with Crippen LogP contribution in [0.4, 0.5) is 11.5 Å². The summed E-state index contributed by atoms with van der Waals surface area (Å²) < 4.78 is 10.5. The summed E-state index contributed by atoms with van der Waals surface area (Å²) in [6, 6.07) is 16.7. The molecule has 138 valence electrons. The molecule has 0 atom stereocenters. The summed E-state index contributed by atoms with van der Waals surface area (Å²) in [6.45, 7) is 0.602.